The largest absolute Gasteiger partial charge is 0.339 e. The summed E-state index contributed by atoms with van der Waals surface area (Å²) in [5.41, 5.74) is 2.02. The molecule has 0 saturated carbocycles. The number of benzene rings is 2. The third-order valence-corrected chi connectivity index (χ3v) is 4.89. The fourth-order valence-electron chi connectivity index (χ4n) is 3.36. The minimum atomic E-state index is -0.176. The van der Waals surface area contributed by atoms with Gasteiger partial charge in [-0.2, -0.15) is 0 Å². The molecule has 134 valence electrons. The van der Waals surface area contributed by atoms with Crippen molar-refractivity contribution in [2.45, 2.75) is 6.54 Å². The summed E-state index contributed by atoms with van der Waals surface area (Å²) in [6, 6.07) is 14.6. The zero-order valence-electron chi connectivity index (χ0n) is 14.4. The number of hydrogen-bond donors (Lipinski definition) is 0. The molecule has 0 N–H and O–H groups in total. The minimum absolute atomic E-state index is 0.176. The molecule has 3 aromatic rings. The van der Waals surface area contributed by atoms with Gasteiger partial charge in [-0.05, 0) is 35.9 Å². The molecular formula is C20H20ClFN4. The Hall–Kier alpha value is -2.37. The van der Waals surface area contributed by atoms with E-state index < -0.39 is 0 Å². The topological polar surface area (TPSA) is 24.3 Å². The third-order valence-electron chi connectivity index (χ3n) is 4.66. The van der Waals surface area contributed by atoms with Gasteiger partial charge in [0.25, 0.3) is 0 Å². The number of anilines is 1. The monoisotopic (exact) mass is 370 g/mol. The smallest absolute Gasteiger partial charge is 0.210 e. The van der Waals surface area contributed by atoms with Crippen molar-refractivity contribution in [3.8, 4) is 5.69 Å². The maximum Gasteiger partial charge on any atom is 0.210 e. The summed E-state index contributed by atoms with van der Waals surface area (Å²) in [5, 5.41) is 0.710. The van der Waals surface area contributed by atoms with Crippen LogP contribution in [0.2, 0.25) is 5.02 Å². The first-order valence-corrected chi connectivity index (χ1v) is 9.08. The van der Waals surface area contributed by atoms with Gasteiger partial charge >= 0.3 is 0 Å². The lowest BCUT2D eigenvalue weighted by atomic mass is 10.2. The van der Waals surface area contributed by atoms with Crippen molar-refractivity contribution < 1.29 is 4.39 Å². The minimum Gasteiger partial charge on any atom is -0.339 e. The molecule has 1 aliphatic heterocycles. The van der Waals surface area contributed by atoms with E-state index in [1.54, 1.807) is 12.1 Å². The summed E-state index contributed by atoms with van der Waals surface area (Å²) in [7, 11) is 0. The number of nitrogens with zero attached hydrogens (tertiary/aromatic N) is 4. The highest BCUT2D eigenvalue weighted by Crippen LogP contribution is 2.22. The molecule has 0 aliphatic carbocycles. The molecular weight excluding hydrogens is 351 g/mol. The van der Waals surface area contributed by atoms with E-state index in [-0.39, 0.29) is 5.82 Å². The van der Waals surface area contributed by atoms with E-state index in [9.17, 15) is 4.39 Å². The SMILES string of the molecule is Fc1cccc(CN2CCN(c3nccn3-c3cccc(Cl)c3)CC2)c1. The van der Waals surface area contributed by atoms with Crippen LogP contribution in [0.4, 0.5) is 10.3 Å². The molecule has 0 radical (unpaired) electrons. The second-order valence-corrected chi connectivity index (χ2v) is 6.91. The Morgan fingerprint density at radius 3 is 2.58 bits per heavy atom. The Balaban J connectivity index is 1.43. The van der Waals surface area contributed by atoms with E-state index >= 15 is 0 Å². The maximum atomic E-state index is 13.4. The Morgan fingerprint density at radius 2 is 1.81 bits per heavy atom. The lowest BCUT2D eigenvalue weighted by Crippen LogP contribution is -2.46. The number of aromatic nitrogens is 2. The van der Waals surface area contributed by atoms with Crippen LogP contribution in [0.5, 0.6) is 0 Å². The molecule has 2 heterocycles. The molecule has 0 atom stereocenters. The molecule has 26 heavy (non-hydrogen) atoms. The summed E-state index contributed by atoms with van der Waals surface area (Å²) in [4.78, 5) is 9.17. The highest BCUT2D eigenvalue weighted by molar-refractivity contribution is 6.30. The maximum absolute atomic E-state index is 13.4. The van der Waals surface area contributed by atoms with Gasteiger partial charge in [0.2, 0.25) is 5.95 Å². The number of imidazole rings is 1. The first-order chi connectivity index (χ1) is 12.7. The van der Waals surface area contributed by atoms with Crippen molar-refractivity contribution in [3.05, 3.63) is 77.3 Å². The molecule has 0 amide bonds. The fraction of sp³-hybridized carbons (Fsp3) is 0.250. The van der Waals surface area contributed by atoms with Gasteiger partial charge in [-0.25, -0.2) is 9.37 Å². The van der Waals surface area contributed by atoms with Gasteiger partial charge in [-0.15, -0.1) is 0 Å². The Labute approximate surface area is 157 Å². The predicted molar refractivity (Wildman–Crippen MR) is 102 cm³/mol. The van der Waals surface area contributed by atoms with Crippen molar-refractivity contribution in [2.75, 3.05) is 31.1 Å². The molecule has 2 aromatic carbocycles. The highest BCUT2D eigenvalue weighted by Gasteiger charge is 2.21. The van der Waals surface area contributed by atoms with E-state index in [4.69, 9.17) is 11.6 Å². The van der Waals surface area contributed by atoms with E-state index in [0.717, 1.165) is 49.9 Å². The van der Waals surface area contributed by atoms with Crippen molar-refractivity contribution in [3.63, 3.8) is 0 Å². The van der Waals surface area contributed by atoms with Crippen LogP contribution in [0.3, 0.4) is 0 Å². The Bertz CT molecular complexity index is 887. The zero-order chi connectivity index (χ0) is 17.9. The molecule has 0 bridgehead atoms. The number of halogens is 2. The second kappa shape index (κ2) is 7.48. The first-order valence-electron chi connectivity index (χ1n) is 8.70. The van der Waals surface area contributed by atoms with Gasteiger partial charge in [0.1, 0.15) is 5.82 Å². The van der Waals surface area contributed by atoms with Gasteiger partial charge in [-0.1, -0.05) is 29.8 Å². The average molecular weight is 371 g/mol. The van der Waals surface area contributed by atoms with Crippen LogP contribution in [0, 0.1) is 5.82 Å². The van der Waals surface area contributed by atoms with Gasteiger partial charge in [0, 0.05) is 55.8 Å². The summed E-state index contributed by atoms with van der Waals surface area (Å²) in [5.74, 6) is 0.752. The molecule has 1 aromatic heterocycles. The van der Waals surface area contributed by atoms with Crippen molar-refractivity contribution >= 4 is 17.5 Å². The molecule has 1 saturated heterocycles. The van der Waals surface area contributed by atoms with Crippen LogP contribution >= 0.6 is 11.6 Å². The third kappa shape index (κ3) is 3.74. The number of hydrogen-bond acceptors (Lipinski definition) is 3. The number of piperazine rings is 1. The molecule has 0 spiro atoms. The predicted octanol–water partition coefficient (Wildman–Crippen LogP) is 3.99. The van der Waals surface area contributed by atoms with Gasteiger partial charge in [0.05, 0.1) is 0 Å². The van der Waals surface area contributed by atoms with E-state index in [0.29, 0.717) is 5.02 Å². The van der Waals surface area contributed by atoms with Crippen LogP contribution in [-0.2, 0) is 6.54 Å². The fourth-order valence-corrected chi connectivity index (χ4v) is 3.54. The van der Waals surface area contributed by atoms with Gasteiger partial charge < -0.3 is 4.90 Å². The Morgan fingerprint density at radius 1 is 1.00 bits per heavy atom. The van der Waals surface area contributed by atoms with E-state index in [2.05, 4.69) is 19.4 Å². The van der Waals surface area contributed by atoms with E-state index in [1.807, 2.05) is 42.7 Å². The Kier molecular flexibility index (Phi) is 4.91. The quantitative estimate of drug-likeness (QED) is 0.694. The lowest BCUT2D eigenvalue weighted by Gasteiger charge is -2.35. The summed E-state index contributed by atoms with van der Waals surface area (Å²) >= 11 is 6.13. The highest BCUT2D eigenvalue weighted by atomic mass is 35.5. The summed E-state index contributed by atoms with van der Waals surface area (Å²) in [6.45, 7) is 4.37. The van der Waals surface area contributed by atoms with Crippen LogP contribution < -0.4 is 4.90 Å². The van der Waals surface area contributed by atoms with Gasteiger partial charge in [-0.3, -0.25) is 9.47 Å². The zero-order valence-corrected chi connectivity index (χ0v) is 15.1. The summed E-state index contributed by atoms with van der Waals surface area (Å²) < 4.78 is 15.4. The normalized spacial score (nSPS) is 15.4. The van der Waals surface area contributed by atoms with Crippen LogP contribution in [-0.4, -0.2) is 40.6 Å². The van der Waals surface area contributed by atoms with Gasteiger partial charge in [0.15, 0.2) is 0 Å². The molecule has 1 fully saturated rings. The average Bonchev–Trinajstić information content (AvgIpc) is 3.12. The molecule has 4 rings (SSSR count). The molecule has 4 nitrogen and oxygen atoms in total. The first kappa shape index (κ1) is 17.1. The molecule has 6 heteroatoms. The van der Waals surface area contributed by atoms with Crippen molar-refractivity contribution in [1.29, 1.82) is 0 Å². The van der Waals surface area contributed by atoms with Crippen LogP contribution in [0.25, 0.3) is 5.69 Å². The van der Waals surface area contributed by atoms with E-state index in [1.165, 1.54) is 6.07 Å². The molecule has 0 unspecified atom stereocenters. The number of rotatable bonds is 4. The van der Waals surface area contributed by atoms with Crippen LogP contribution in [0.1, 0.15) is 5.56 Å². The van der Waals surface area contributed by atoms with Crippen molar-refractivity contribution in [1.82, 2.24) is 14.5 Å². The lowest BCUT2D eigenvalue weighted by molar-refractivity contribution is 0.248. The summed E-state index contributed by atoms with van der Waals surface area (Å²) in [6.07, 6.45) is 3.77. The standard InChI is InChI=1S/C20H20ClFN4/c21-17-4-2-6-19(14-17)26-8-7-23-20(26)25-11-9-24(10-12-25)15-16-3-1-5-18(22)13-16/h1-8,13-14H,9-12,15H2. The second-order valence-electron chi connectivity index (χ2n) is 6.47. The van der Waals surface area contributed by atoms with Crippen molar-refractivity contribution in [2.24, 2.45) is 0 Å². The molecule has 1 aliphatic rings. The van der Waals surface area contributed by atoms with Crippen LogP contribution in [0.15, 0.2) is 60.9 Å².